The molecule has 2 atom stereocenters. The number of hydrogen-bond donors (Lipinski definition) is 4. The van der Waals surface area contributed by atoms with E-state index in [1.165, 1.54) is 0 Å². The van der Waals surface area contributed by atoms with Crippen molar-refractivity contribution in [2.24, 2.45) is 0 Å². The van der Waals surface area contributed by atoms with Gasteiger partial charge in [0.15, 0.2) is 0 Å². The largest absolute Gasteiger partial charge is 0.480 e. The number of amides is 2. The molecule has 31 heavy (non-hydrogen) atoms. The van der Waals surface area contributed by atoms with Gasteiger partial charge in [-0.15, -0.1) is 0 Å². The van der Waals surface area contributed by atoms with Crippen molar-refractivity contribution >= 4 is 30.4 Å². The van der Waals surface area contributed by atoms with E-state index in [2.05, 4.69) is 23.3 Å². The first-order valence-corrected chi connectivity index (χ1v) is 11.0. The summed E-state index contributed by atoms with van der Waals surface area (Å²) in [6.07, 6.45) is 2.73. The average Bonchev–Trinajstić information content (AvgIpc) is 3.24. The van der Waals surface area contributed by atoms with Crippen molar-refractivity contribution in [3.05, 3.63) is 60.2 Å². The predicted octanol–water partition coefficient (Wildman–Crippen LogP) is 3.21. The van der Waals surface area contributed by atoms with Crippen molar-refractivity contribution in [3.63, 3.8) is 0 Å². The van der Waals surface area contributed by atoms with Gasteiger partial charge in [0, 0.05) is 6.42 Å². The highest BCUT2D eigenvalue weighted by Crippen LogP contribution is 2.30. The van der Waals surface area contributed by atoms with Crippen molar-refractivity contribution in [1.29, 1.82) is 0 Å². The second-order valence-corrected chi connectivity index (χ2v) is 8.86. The van der Waals surface area contributed by atoms with Gasteiger partial charge in [0.25, 0.3) is 0 Å². The van der Waals surface area contributed by atoms with Gasteiger partial charge in [-0.25, -0.2) is 4.79 Å². The van der Waals surface area contributed by atoms with E-state index in [9.17, 15) is 19.5 Å². The Hall–Kier alpha value is -2.80. The number of carboxylic acid groups (broad SMARTS) is 1. The van der Waals surface area contributed by atoms with E-state index in [0.29, 0.717) is 12.8 Å². The zero-order valence-electron chi connectivity index (χ0n) is 17.5. The van der Waals surface area contributed by atoms with Crippen LogP contribution in [0.3, 0.4) is 0 Å². The Balaban J connectivity index is 1.71. The maximum Gasteiger partial charge on any atom is 0.326 e. The van der Waals surface area contributed by atoms with E-state index in [0.717, 1.165) is 29.5 Å². The van der Waals surface area contributed by atoms with E-state index < -0.39 is 28.7 Å². The second-order valence-electron chi connectivity index (χ2n) is 8.09. The fraction of sp³-hybridized carbons (Fsp3) is 0.375. The van der Waals surface area contributed by atoms with Crippen LogP contribution in [0.15, 0.2) is 54.6 Å². The number of thiol groups is 1. The molecule has 1 aliphatic rings. The third kappa shape index (κ3) is 5.67. The summed E-state index contributed by atoms with van der Waals surface area (Å²) in [4.78, 5) is 37.1. The van der Waals surface area contributed by atoms with Crippen LogP contribution in [-0.2, 0) is 20.8 Å². The van der Waals surface area contributed by atoms with Crippen molar-refractivity contribution in [3.8, 4) is 11.1 Å². The summed E-state index contributed by atoms with van der Waals surface area (Å²) in [6.45, 7) is 1.64. The number of carboxylic acids is 1. The maximum absolute atomic E-state index is 13.1. The minimum Gasteiger partial charge on any atom is -0.480 e. The minimum atomic E-state index is -1.11. The molecule has 0 spiro atoms. The van der Waals surface area contributed by atoms with Gasteiger partial charge in [-0.1, -0.05) is 67.4 Å². The van der Waals surface area contributed by atoms with E-state index >= 15 is 0 Å². The summed E-state index contributed by atoms with van der Waals surface area (Å²) in [5, 5.41) is 14.6. The molecular formula is C24H28N2O4S. The van der Waals surface area contributed by atoms with Crippen LogP contribution in [0.4, 0.5) is 0 Å². The molecule has 3 N–H and O–H groups in total. The Kier molecular flexibility index (Phi) is 7.38. The molecular weight excluding hydrogens is 412 g/mol. The molecule has 2 amide bonds. The van der Waals surface area contributed by atoms with Gasteiger partial charge in [0.05, 0.1) is 5.25 Å². The highest BCUT2D eigenvalue weighted by Gasteiger charge is 2.44. The quantitative estimate of drug-likeness (QED) is 0.474. The predicted molar refractivity (Wildman–Crippen MR) is 123 cm³/mol. The zero-order valence-corrected chi connectivity index (χ0v) is 18.4. The zero-order chi connectivity index (χ0) is 22.4. The fourth-order valence-corrected chi connectivity index (χ4v) is 3.99. The summed E-state index contributed by atoms with van der Waals surface area (Å²) < 4.78 is 0. The average molecular weight is 441 g/mol. The van der Waals surface area contributed by atoms with Crippen LogP contribution >= 0.6 is 12.6 Å². The van der Waals surface area contributed by atoms with Gasteiger partial charge < -0.3 is 15.7 Å². The van der Waals surface area contributed by atoms with Crippen molar-refractivity contribution in [2.45, 2.75) is 55.9 Å². The molecule has 0 aromatic heterocycles. The lowest BCUT2D eigenvalue weighted by Crippen LogP contribution is -2.61. The van der Waals surface area contributed by atoms with Gasteiger partial charge in [0.1, 0.15) is 11.6 Å². The van der Waals surface area contributed by atoms with Crippen molar-refractivity contribution in [1.82, 2.24) is 10.6 Å². The first kappa shape index (κ1) is 22.9. The minimum absolute atomic E-state index is 0.156. The highest BCUT2D eigenvalue weighted by molar-refractivity contribution is 7.81. The van der Waals surface area contributed by atoms with Crippen molar-refractivity contribution in [2.75, 3.05) is 0 Å². The van der Waals surface area contributed by atoms with E-state index in [-0.39, 0.29) is 12.3 Å². The Bertz CT molecular complexity index is 922. The summed E-state index contributed by atoms with van der Waals surface area (Å²) in [5.74, 6) is -1.88. The molecule has 0 bridgehead atoms. The molecule has 0 heterocycles. The molecule has 2 aromatic rings. The number of carbonyl (C=O) groups excluding carboxylic acids is 2. The molecule has 1 saturated carbocycles. The Morgan fingerprint density at radius 2 is 1.58 bits per heavy atom. The van der Waals surface area contributed by atoms with Crippen LogP contribution in [-0.4, -0.2) is 39.7 Å². The molecule has 7 heteroatoms. The molecule has 0 unspecified atom stereocenters. The van der Waals surface area contributed by atoms with E-state index in [4.69, 9.17) is 0 Å². The van der Waals surface area contributed by atoms with Gasteiger partial charge >= 0.3 is 5.97 Å². The molecule has 164 valence electrons. The molecule has 1 fully saturated rings. The standard InChI is InChI=1S/C24H28N2O4S/c1-16(31)21(27)26-24(13-5-6-14-24)23(30)25-20(22(28)29)15-17-9-11-19(12-10-17)18-7-3-2-4-8-18/h2-4,7-12,16,20,31H,5-6,13-15H2,1H3,(H,25,30)(H,26,27)(H,28,29)/t16-,20-/m0/s1. The van der Waals surface area contributed by atoms with Gasteiger partial charge in [-0.3, -0.25) is 9.59 Å². The maximum atomic E-state index is 13.1. The molecule has 0 radical (unpaired) electrons. The lowest BCUT2D eigenvalue weighted by Gasteiger charge is -2.31. The third-order valence-electron chi connectivity index (χ3n) is 5.74. The third-order valence-corrected chi connectivity index (χ3v) is 5.97. The van der Waals surface area contributed by atoms with Crippen LogP contribution in [0.2, 0.25) is 0 Å². The van der Waals surface area contributed by atoms with Crippen molar-refractivity contribution < 1.29 is 19.5 Å². The van der Waals surface area contributed by atoms with Gasteiger partial charge in [0.2, 0.25) is 11.8 Å². The first-order chi connectivity index (χ1) is 14.8. The number of nitrogens with one attached hydrogen (secondary N) is 2. The lowest BCUT2D eigenvalue weighted by atomic mass is 9.94. The highest BCUT2D eigenvalue weighted by atomic mass is 32.1. The lowest BCUT2D eigenvalue weighted by molar-refractivity contribution is -0.143. The number of benzene rings is 2. The normalized spacial score (nSPS) is 16.8. The van der Waals surface area contributed by atoms with Crippen LogP contribution < -0.4 is 10.6 Å². The first-order valence-electron chi connectivity index (χ1n) is 10.5. The fourth-order valence-electron chi connectivity index (χ4n) is 3.92. The molecule has 1 aliphatic carbocycles. The van der Waals surface area contributed by atoms with E-state index in [1.807, 2.05) is 54.6 Å². The number of carbonyl (C=O) groups is 3. The molecule has 0 aliphatic heterocycles. The summed E-state index contributed by atoms with van der Waals surface area (Å²) in [5.41, 5.74) is 1.85. The smallest absolute Gasteiger partial charge is 0.326 e. The van der Waals surface area contributed by atoms with Gasteiger partial charge in [-0.05, 0) is 36.5 Å². The monoisotopic (exact) mass is 440 g/mol. The number of hydrogen-bond acceptors (Lipinski definition) is 4. The van der Waals surface area contributed by atoms with Gasteiger partial charge in [-0.2, -0.15) is 12.6 Å². The van der Waals surface area contributed by atoms with Crippen LogP contribution in [0.1, 0.15) is 38.2 Å². The summed E-state index contributed by atoms with van der Waals surface area (Å²) >= 11 is 4.14. The van der Waals surface area contributed by atoms with E-state index in [1.54, 1.807) is 6.92 Å². The topological polar surface area (TPSA) is 95.5 Å². The summed E-state index contributed by atoms with van der Waals surface area (Å²) in [7, 11) is 0. The summed E-state index contributed by atoms with van der Waals surface area (Å²) in [6, 6.07) is 16.5. The van der Waals surface area contributed by atoms with Crippen LogP contribution in [0, 0.1) is 0 Å². The number of aliphatic carboxylic acids is 1. The molecule has 3 rings (SSSR count). The molecule has 2 aromatic carbocycles. The van der Waals surface area contributed by atoms with Crippen LogP contribution in [0.25, 0.3) is 11.1 Å². The molecule has 0 saturated heterocycles. The Morgan fingerprint density at radius 3 is 2.13 bits per heavy atom. The SMILES string of the molecule is C[C@H](S)C(=O)NC1(C(=O)N[C@@H](Cc2ccc(-c3ccccc3)cc2)C(=O)O)CCCC1. The Labute approximate surface area is 187 Å². The molecule has 6 nitrogen and oxygen atoms in total. The van der Waals surface area contributed by atoms with Crippen LogP contribution in [0.5, 0.6) is 0 Å². The Morgan fingerprint density at radius 1 is 1.00 bits per heavy atom. The number of rotatable bonds is 8. The second kappa shape index (κ2) is 10.0.